The molecule has 1 aromatic heterocycles. The number of aryl methyl sites for hydroxylation is 1. The van der Waals surface area contributed by atoms with Crippen molar-refractivity contribution < 1.29 is 0 Å². The molecule has 0 saturated carbocycles. The van der Waals surface area contributed by atoms with Gasteiger partial charge in [-0.25, -0.2) is 0 Å². The molecule has 0 aliphatic carbocycles. The predicted molar refractivity (Wildman–Crippen MR) is 89.6 cm³/mol. The van der Waals surface area contributed by atoms with Crippen molar-refractivity contribution in [2.45, 2.75) is 13.0 Å². The van der Waals surface area contributed by atoms with E-state index in [1.54, 1.807) is 11.3 Å². The Morgan fingerprint density at radius 2 is 1.94 bits per heavy atom. The molecule has 0 saturated heterocycles. The molecule has 1 unspecified atom stereocenters. The molecule has 2 aromatic rings. The molecule has 17 heavy (non-hydrogen) atoms. The van der Waals surface area contributed by atoms with Gasteiger partial charge in [0.25, 0.3) is 0 Å². The first-order chi connectivity index (χ1) is 7.99. The van der Waals surface area contributed by atoms with Gasteiger partial charge in [-0.05, 0) is 75.3 Å². The van der Waals surface area contributed by atoms with Crippen molar-refractivity contribution in [1.82, 2.24) is 0 Å². The fourth-order valence-corrected chi connectivity index (χ4v) is 4.53. The zero-order chi connectivity index (χ0) is 12.6. The zero-order valence-corrected chi connectivity index (χ0v) is 15.2. The maximum atomic E-state index is 6.35. The molecule has 5 heteroatoms. The Balaban J connectivity index is 2.46. The van der Waals surface area contributed by atoms with Crippen molar-refractivity contribution >= 4 is 65.8 Å². The van der Waals surface area contributed by atoms with Crippen LogP contribution in [0.5, 0.6) is 0 Å². The van der Waals surface area contributed by atoms with Crippen LogP contribution < -0.4 is 5.73 Å². The van der Waals surface area contributed by atoms with Crippen molar-refractivity contribution in [3.8, 4) is 0 Å². The van der Waals surface area contributed by atoms with Crippen molar-refractivity contribution in [2.75, 3.05) is 0 Å². The van der Waals surface area contributed by atoms with Gasteiger partial charge in [-0.15, -0.1) is 11.3 Å². The minimum absolute atomic E-state index is 0.0906. The number of rotatable bonds is 2. The highest BCUT2D eigenvalue weighted by Crippen LogP contribution is 2.36. The fraction of sp³-hybridized carbons (Fsp3) is 0.167. The van der Waals surface area contributed by atoms with Gasteiger partial charge in [-0.1, -0.05) is 15.9 Å². The standard InChI is InChI=1S/C12H10Br2INS/c1-6-4-10(14)12(17-6)11(16)8-5-7(15)2-3-9(8)13/h2-5,11H,16H2,1H3. The third-order valence-electron chi connectivity index (χ3n) is 2.41. The largest absolute Gasteiger partial charge is 0.320 e. The van der Waals surface area contributed by atoms with E-state index in [9.17, 15) is 0 Å². The quantitative estimate of drug-likeness (QED) is 0.578. The first-order valence-electron chi connectivity index (χ1n) is 4.95. The second-order valence-electron chi connectivity index (χ2n) is 3.71. The van der Waals surface area contributed by atoms with Crippen LogP contribution in [0, 0.1) is 10.5 Å². The molecule has 0 aliphatic heterocycles. The number of hydrogen-bond acceptors (Lipinski definition) is 2. The van der Waals surface area contributed by atoms with Crippen LogP contribution in [0.2, 0.25) is 0 Å². The highest BCUT2D eigenvalue weighted by Gasteiger charge is 2.17. The zero-order valence-electron chi connectivity index (χ0n) is 9.01. The summed E-state index contributed by atoms with van der Waals surface area (Å²) in [7, 11) is 0. The summed E-state index contributed by atoms with van der Waals surface area (Å²) in [6.45, 7) is 2.09. The van der Waals surface area contributed by atoms with E-state index < -0.39 is 0 Å². The maximum Gasteiger partial charge on any atom is 0.0668 e. The first kappa shape index (κ1) is 14.0. The predicted octanol–water partition coefficient (Wildman–Crippen LogP) is 5.23. The number of benzene rings is 1. The lowest BCUT2D eigenvalue weighted by Crippen LogP contribution is -2.11. The lowest BCUT2D eigenvalue weighted by molar-refractivity contribution is 0.881. The van der Waals surface area contributed by atoms with Crippen molar-refractivity contribution in [3.05, 3.63) is 52.1 Å². The summed E-state index contributed by atoms with van der Waals surface area (Å²) in [5.41, 5.74) is 7.47. The Kier molecular flexibility index (Phi) is 4.68. The van der Waals surface area contributed by atoms with Crippen molar-refractivity contribution in [1.29, 1.82) is 0 Å². The van der Waals surface area contributed by atoms with E-state index in [1.165, 1.54) is 13.3 Å². The third-order valence-corrected chi connectivity index (χ3v) is 5.86. The number of thiophene rings is 1. The Morgan fingerprint density at radius 3 is 2.53 bits per heavy atom. The molecular formula is C12H10Br2INS. The van der Waals surface area contributed by atoms with Gasteiger partial charge in [0, 0.05) is 22.3 Å². The molecule has 0 spiro atoms. The first-order valence-corrected chi connectivity index (χ1v) is 8.43. The van der Waals surface area contributed by atoms with Crippen LogP contribution in [0.3, 0.4) is 0 Å². The van der Waals surface area contributed by atoms with E-state index in [1.807, 2.05) is 6.07 Å². The lowest BCUT2D eigenvalue weighted by Gasteiger charge is -2.13. The van der Waals surface area contributed by atoms with E-state index in [0.717, 1.165) is 14.5 Å². The molecular weight excluding hydrogens is 477 g/mol. The summed E-state index contributed by atoms with van der Waals surface area (Å²) in [6.07, 6.45) is 0. The third kappa shape index (κ3) is 3.12. The van der Waals surface area contributed by atoms with Crippen LogP contribution in [0.1, 0.15) is 21.4 Å². The molecule has 2 N–H and O–H groups in total. The normalized spacial score (nSPS) is 12.8. The van der Waals surface area contributed by atoms with Gasteiger partial charge in [0.2, 0.25) is 0 Å². The average Bonchev–Trinajstić information content (AvgIpc) is 2.60. The van der Waals surface area contributed by atoms with Crippen LogP contribution in [0.25, 0.3) is 0 Å². The number of nitrogens with two attached hydrogens (primary N) is 1. The lowest BCUT2D eigenvalue weighted by atomic mass is 10.1. The molecule has 1 nitrogen and oxygen atoms in total. The molecule has 0 aliphatic rings. The van der Waals surface area contributed by atoms with E-state index in [4.69, 9.17) is 5.73 Å². The van der Waals surface area contributed by atoms with Gasteiger partial charge < -0.3 is 5.73 Å². The molecule has 1 heterocycles. The highest BCUT2D eigenvalue weighted by molar-refractivity contribution is 14.1. The molecule has 1 atom stereocenters. The SMILES string of the molecule is Cc1cc(Br)c(C(N)c2cc(I)ccc2Br)s1. The molecule has 90 valence electrons. The Bertz CT molecular complexity index is 553. The van der Waals surface area contributed by atoms with E-state index >= 15 is 0 Å². The molecule has 0 radical (unpaired) electrons. The van der Waals surface area contributed by atoms with Gasteiger partial charge in [0.1, 0.15) is 0 Å². The van der Waals surface area contributed by atoms with Crippen LogP contribution >= 0.6 is 65.8 Å². The highest BCUT2D eigenvalue weighted by atomic mass is 127. The van der Waals surface area contributed by atoms with Gasteiger partial charge in [0.05, 0.1) is 6.04 Å². The van der Waals surface area contributed by atoms with E-state index in [2.05, 4.69) is 79.6 Å². The summed E-state index contributed by atoms with van der Waals surface area (Å²) in [5.74, 6) is 0. The summed E-state index contributed by atoms with van der Waals surface area (Å²) in [5, 5.41) is 0. The second-order valence-corrected chi connectivity index (χ2v) is 7.95. The van der Waals surface area contributed by atoms with Crippen LogP contribution in [0.15, 0.2) is 33.2 Å². The summed E-state index contributed by atoms with van der Waals surface area (Å²) < 4.78 is 3.35. The van der Waals surface area contributed by atoms with Gasteiger partial charge >= 0.3 is 0 Å². The van der Waals surface area contributed by atoms with E-state index in [-0.39, 0.29) is 6.04 Å². The van der Waals surface area contributed by atoms with Crippen molar-refractivity contribution in [3.63, 3.8) is 0 Å². The topological polar surface area (TPSA) is 26.0 Å². The fourth-order valence-electron chi connectivity index (χ4n) is 1.61. The van der Waals surface area contributed by atoms with Crippen LogP contribution in [0.4, 0.5) is 0 Å². The smallest absolute Gasteiger partial charge is 0.0668 e. The molecule has 2 rings (SSSR count). The summed E-state index contributed by atoms with van der Waals surface area (Å²) in [6, 6.07) is 8.26. The minimum atomic E-state index is -0.0906. The molecule has 0 bridgehead atoms. The Labute approximate surface area is 135 Å². The summed E-state index contributed by atoms with van der Waals surface area (Å²) in [4.78, 5) is 2.44. The maximum absolute atomic E-state index is 6.35. The Morgan fingerprint density at radius 1 is 1.24 bits per heavy atom. The second kappa shape index (κ2) is 5.69. The molecule has 1 aromatic carbocycles. The van der Waals surface area contributed by atoms with Crippen LogP contribution in [-0.2, 0) is 0 Å². The minimum Gasteiger partial charge on any atom is -0.320 e. The number of halogens is 3. The van der Waals surface area contributed by atoms with Gasteiger partial charge in [-0.2, -0.15) is 0 Å². The molecule has 0 amide bonds. The summed E-state index contributed by atoms with van der Waals surface area (Å²) >= 11 is 11.2. The van der Waals surface area contributed by atoms with E-state index in [0.29, 0.717) is 0 Å². The van der Waals surface area contributed by atoms with Crippen molar-refractivity contribution in [2.24, 2.45) is 5.73 Å². The van der Waals surface area contributed by atoms with Gasteiger partial charge in [-0.3, -0.25) is 0 Å². The van der Waals surface area contributed by atoms with Gasteiger partial charge in [0.15, 0.2) is 0 Å². The van der Waals surface area contributed by atoms with Crippen LogP contribution in [-0.4, -0.2) is 0 Å². The monoisotopic (exact) mass is 485 g/mol. The average molecular weight is 487 g/mol. The molecule has 0 fully saturated rings. The Hall–Kier alpha value is 0.570. The number of hydrogen-bond donors (Lipinski definition) is 1.